The second kappa shape index (κ2) is 4.62. The van der Waals surface area contributed by atoms with Crippen LogP contribution in [0.5, 0.6) is 0 Å². The van der Waals surface area contributed by atoms with Crippen molar-refractivity contribution in [3.63, 3.8) is 0 Å². The number of thiophene rings is 1. The van der Waals surface area contributed by atoms with Crippen molar-refractivity contribution in [3.05, 3.63) is 62.3 Å². The number of rotatable bonds is 1. The van der Waals surface area contributed by atoms with E-state index < -0.39 is 0 Å². The molecule has 0 bridgehead atoms. The summed E-state index contributed by atoms with van der Waals surface area (Å²) in [5, 5.41) is 3.27. The molecule has 2 aromatic rings. The molecule has 1 aromatic carbocycles. The highest BCUT2D eigenvalue weighted by Gasteiger charge is 2.24. The first-order chi connectivity index (χ1) is 8.25. The molecule has 1 atom stereocenters. The molecule has 0 aliphatic carbocycles. The normalized spacial score (nSPS) is 19.1. The minimum absolute atomic E-state index is 0.254. The van der Waals surface area contributed by atoms with Gasteiger partial charge in [-0.1, -0.05) is 29.3 Å². The van der Waals surface area contributed by atoms with Gasteiger partial charge in [0.25, 0.3) is 0 Å². The lowest BCUT2D eigenvalue weighted by molar-refractivity contribution is 0.191. The van der Waals surface area contributed by atoms with E-state index >= 15 is 0 Å². The summed E-state index contributed by atoms with van der Waals surface area (Å²) < 4.78 is 5.50. The topological polar surface area (TPSA) is 9.23 Å². The second-order valence-corrected chi connectivity index (χ2v) is 5.68. The number of fused-ring (bicyclic) bond motifs is 1. The molecule has 0 spiro atoms. The molecule has 1 unspecified atom stereocenters. The summed E-state index contributed by atoms with van der Waals surface area (Å²) in [5.74, 6) is 0.254. The Hall–Kier alpha value is -0.540. The molecule has 17 heavy (non-hydrogen) atoms. The lowest BCUT2D eigenvalue weighted by Crippen LogP contribution is -2.14. The molecule has 3 rings (SSSR count). The zero-order valence-corrected chi connectivity index (χ0v) is 11.1. The summed E-state index contributed by atoms with van der Waals surface area (Å²) >= 11 is 13.7. The second-order valence-electron chi connectivity index (χ2n) is 3.92. The molecule has 0 fully saturated rings. The van der Waals surface area contributed by atoms with E-state index in [4.69, 9.17) is 27.9 Å². The van der Waals surface area contributed by atoms with Crippen LogP contribution in [0.4, 0.5) is 0 Å². The highest BCUT2D eigenvalue weighted by atomic mass is 35.5. The number of ether oxygens (including phenoxy) is 1. The van der Waals surface area contributed by atoms with Gasteiger partial charge in [0.1, 0.15) is 6.61 Å². The quantitative estimate of drug-likeness (QED) is 0.735. The van der Waals surface area contributed by atoms with Gasteiger partial charge in [-0.15, -0.1) is 11.3 Å². The molecule has 1 aliphatic heterocycles. The van der Waals surface area contributed by atoms with Gasteiger partial charge < -0.3 is 4.74 Å². The van der Waals surface area contributed by atoms with E-state index in [1.54, 1.807) is 11.3 Å². The molecule has 1 aromatic heterocycles. The lowest BCUT2D eigenvalue weighted by atomic mass is 9.94. The van der Waals surface area contributed by atoms with Crippen molar-refractivity contribution in [2.45, 2.75) is 5.92 Å². The predicted octanol–water partition coefficient (Wildman–Crippen LogP) is 4.73. The third-order valence-electron chi connectivity index (χ3n) is 2.86. The Morgan fingerprint density at radius 1 is 1.18 bits per heavy atom. The molecule has 0 saturated carbocycles. The predicted molar refractivity (Wildman–Crippen MR) is 72.0 cm³/mol. The van der Waals surface area contributed by atoms with Crippen LogP contribution in [-0.4, -0.2) is 6.61 Å². The largest absolute Gasteiger partial charge is 0.369 e. The van der Waals surface area contributed by atoms with Crippen molar-refractivity contribution in [2.75, 3.05) is 6.61 Å². The van der Waals surface area contributed by atoms with E-state index in [2.05, 4.69) is 11.4 Å². The van der Waals surface area contributed by atoms with Crippen LogP contribution in [0.25, 0.3) is 0 Å². The van der Waals surface area contributed by atoms with E-state index in [1.807, 2.05) is 24.8 Å². The number of hydrogen-bond acceptors (Lipinski definition) is 2. The van der Waals surface area contributed by atoms with Gasteiger partial charge in [-0.2, -0.15) is 0 Å². The molecule has 0 N–H and O–H groups in total. The van der Waals surface area contributed by atoms with E-state index in [0.29, 0.717) is 16.7 Å². The monoisotopic (exact) mass is 283 g/mol. The Morgan fingerprint density at radius 3 is 2.88 bits per heavy atom. The van der Waals surface area contributed by atoms with E-state index in [1.165, 1.54) is 4.88 Å². The molecule has 1 aliphatic rings. The van der Waals surface area contributed by atoms with Crippen molar-refractivity contribution < 1.29 is 4.74 Å². The Balaban J connectivity index is 2.03. The fraction of sp³-hybridized carbons (Fsp3) is 0.154. The van der Waals surface area contributed by atoms with Crippen molar-refractivity contribution in [1.82, 2.24) is 0 Å². The summed E-state index contributed by atoms with van der Waals surface area (Å²) in [5.41, 5.74) is 2.31. The third-order valence-corrected chi connectivity index (χ3v) is 4.65. The lowest BCUT2D eigenvalue weighted by Gasteiger charge is -2.22. The summed E-state index contributed by atoms with van der Waals surface area (Å²) in [6.07, 6.45) is 0. The van der Waals surface area contributed by atoms with Crippen LogP contribution in [-0.2, 0) is 4.74 Å². The van der Waals surface area contributed by atoms with Gasteiger partial charge in [-0.3, -0.25) is 0 Å². The van der Waals surface area contributed by atoms with Crippen LogP contribution in [0.2, 0.25) is 10.0 Å². The highest BCUT2D eigenvalue weighted by molar-refractivity contribution is 7.10. The standard InChI is InChI=1S/C13H9Cl2OS/c14-11-2-1-8(5-12(11)15)10-7-16-6-9-3-4-17-13(9)10/h1-6,10H,7H2. The minimum Gasteiger partial charge on any atom is -0.369 e. The molecule has 4 heteroatoms. The smallest absolute Gasteiger partial charge is 0.114 e. The number of halogens is 2. The average Bonchev–Trinajstić information content (AvgIpc) is 2.80. The summed E-state index contributed by atoms with van der Waals surface area (Å²) in [6, 6.07) is 7.85. The van der Waals surface area contributed by atoms with Crippen molar-refractivity contribution in [3.8, 4) is 0 Å². The van der Waals surface area contributed by atoms with E-state index in [9.17, 15) is 0 Å². The van der Waals surface area contributed by atoms with Gasteiger partial charge in [0, 0.05) is 10.8 Å². The Kier molecular flexibility index (Phi) is 3.14. The van der Waals surface area contributed by atoms with Crippen LogP contribution in [0.1, 0.15) is 21.9 Å². The Labute approximate surface area is 114 Å². The maximum absolute atomic E-state index is 6.06. The summed E-state index contributed by atoms with van der Waals surface area (Å²) in [6.45, 7) is 2.48. The van der Waals surface area contributed by atoms with Crippen molar-refractivity contribution in [2.24, 2.45) is 0 Å². The first kappa shape index (κ1) is 11.5. The van der Waals surface area contributed by atoms with Crippen molar-refractivity contribution >= 4 is 34.5 Å². The molecule has 87 valence electrons. The van der Waals surface area contributed by atoms with Crippen molar-refractivity contribution in [1.29, 1.82) is 0 Å². The molecule has 2 heterocycles. The zero-order valence-electron chi connectivity index (χ0n) is 8.82. The summed E-state index contributed by atoms with van der Waals surface area (Å²) in [7, 11) is 0. The van der Waals surface area contributed by atoms with E-state index in [-0.39, 0.29) is 5.92 Å². The third kappa shape index (κ3) is 2.11. The van der Waals surface area contributed by atoms with Crippen LogP contribution < -0.4 is 0 Å². The zero-order chi connectivity index (χ0) is 11.8. The first-order valence-electron chi connectivity index (χ1n) is 5.23. The summed E-state index contributed by atoms with van der Waals surface area (Å²) in [4.78, 5) is 1.33. The maximum Gasteiger partial charge on any atom is 0.114 e. The van der Waals surface area contributed by atoms with Gasteiger partial charge in [0.15, 0.2) is 0 Å². The van der Waals surface area contributed by atoms with Gasteiger partial charge in [0.2, 0.25) is 0 Å². The number of benzene rings is 1. The molecular formula is C13H9Cl2OS. The Morgan fingerprint density at radius 2 is 2.06 bits per heavy atom. The maximum atomic E-state index is 6.06. The fourth-order valence-electron chi connectivity index (χ4n) is 2.00. The SMILES string of the molecule is Clc1ccc(C2CO[CH]c3ccsc32)cc1Cl. The molecular weight excluding hydrogens is 275 g/mol. The van der Waals surface area contributed by atoms with Gasteiger partial charge in [-0.05, 0) is 34.7 Å². The average molecular weight is 284 g/mol. The van der Waals surface area contributed by atoms with Crippen LogP contribution in [0.3, 0.4) is 0 Å². The molecule has 1 nitrogen and oxygen atoms in total. The molecule has 1 radical (unpaired) electrons. The molecule has 0 saturated heterocycles. The van der Waals surface area contributed by atoms with Crippen LogP contribution in [0, 0.1) is 6.61 Å². The highest BCUT2D eigenvalue weighted by Crippen LogP contribution is 2.38. The van der Waals surface area contributed by atoms with Gasteiger partial charge in [0.05, 0.1) is 16.7 Å². The van der Waals surface area contributed by atoms with Gasteiger partial charge in [-0.25, -0.2) is 0 Å². The van der Waals surface area contributed by atoms with Crippen LogP contribution >= 0.6 is 34.5 Å². The minimum atomic E-state index is 0.254. The Bertz CT molecular complexity index is 550. The molecule has 0 amide bonds. The van der Waals surface area contributed by atoms with E-state index in [0.717, 1.165) is 11.1 Å². The van der Waals surface area contributed by atoms with Gasteiger partial charge >= 0.3 is 0 Å². The number of hydrogen-bond donors (Lipinski definition) is 0. The first-order valence-corrected chi connectivity index (χ1v) is 6.86. The fourth-order valence-corrected chi connectivity index (χ4v) is 3.29. The van der Waals surface area contributed by atoms with Crippen LogP contribution in [0.15, 0.2) is 29.6 Å².